The van der Waals surface area contributed by atoms with Crippen molar-refractivity contribution in [2.75, 3.05) is 19.7 Å². The number of benzene rings is 1. The van der Waals surface area contributed by atoms with Gasteiger partial charge in [-0.2, -0.15) is 0 Å². The smallest absolute Gasteiger partial charge is 0.0621 e. The lowest BCUT2D eigenvalue weighted by atomic mass is 9.77. The van der Waals surface area contributed by atoms with Crippen LogP contribution in [-0.4, -0.2) is 25.8 Å². The summed E-state index contributed by atoms with van der Waals surface area (Å²) in [5, 5.41) is 4.26. The van der Waals surface area contributed by atoms with Gasteiger partial charge < -0.3 is 10.1 Å². The van der Waals surface area contributed by atoms with Crippen molar-refractivity contribution in [2.24, 2.45) is 5.41 Å². The summed E-state index contributed by atoms with van der Waals surface area (Å²) < 4.78 is 6.02. The van der Waals surface area contributed by atoms with Crippen molar-refractivity contribution in [2.45, 2.75) is 31.8 Å². The van der Waals surface area contributed by atoms with Crippen LogP contribution in [0.2, 0.25) is 5.02 Å². The molecule has 1 atom stereocenters. The summed E-state index contributed by atoms with van der Waals surface area (Å²) in [6.07, 6.45) is 5.11. The van der Waals surface area contributed by atoms with E-state index >= 15 is 0 Å². The van der Waals surface area contributed by atoms with Crippen molar-refractivity contribution in [3.05, 3.63) is 34.9 Å². The number of piperidine rings is 1. The van der Waals surface area contributed by atoms with Crippen molar-refractivity contribution in [1.82, 2.24) is 5.32 Å². The van der Waals surface area contributed by atoms with E-state index in [0.29, 0.717) is 11.5 Å². The summed E-state index contributed by atoms with van der Waals surface area (Å²) in [4.78, 5) is 0. The molecule has 1 unspecified atom stereocenters. The number of ether oxygens (including phenoxy) is 1. The molecule has 0 aliphatic carbocycles. The average Bonchev–Trinajstić information content (AvgIpc) is 2.73. The van der Waals surface area contributed by atoms with Gasteiger partial charge in [-0.3, -0.25) is 0 Å². The van der Waals surface area contributed by atoms with E-state index in [1.165, 1.54) is 24.8 Å². The van der Waals surface area contributed by atoms with Gasteiger partial charge >= 0.3 is 0 Å². The summed E-state index contributed by atoms with van der Waals surface area (Å²) in [6, 6.07) is 8.14. The van der Waals surface area contributed by atoms with E-state index in [0.717, 1.165) is 31.1 Å². The molecule has 18 heavy (non-hydrogen) atoms. The van der Waals surface area contributed by atoms with Gasteiger partial charge in [0.05, 0.1) is 12.7 Å². The van der Waals surface area contributed by atoms with Gasteiger partial charge in [0, 0.05) is 5.02 Å². The topological polar surface area (TPSA) is 21.3 Å². The van der Waals surface area contributed by atoms with Crippen LogP contribution in [0, 0.1) is 5.41 Å². The highest BCUT2D eigenvalue weighted by molar-refractivity contribution is 6.30. The van der Waals surface area contributed by atoms with Crippen LogP contribution in [-0.2, 0) is 11.2 Å². The van der Waals surface area contributed by atoms with Gasteiger partial charge in [-0.05, 0) is 61.9 Å². The zero-order valence-corrected chi connectivity index (χ0v) is 11.4. The molecule has 0 radical (unpaired) electrons. The standard InChI is InChI=1S/C15H20ClNO/c16-13-3-1-2-12(8-13)9-14-10-15(11-18-14)4-6-17-7-5-15/h1-3,8,14,17H,4-7,9-11H2. The van der Waals surface area contributed by atoms with E-state index in [4.69, 9.17) is 16.3 Å². The Labute approximate surface area is 114 Å². The first kappa shape index (κ1) is 12.5. The van der Waals surface area contributed by atoms with Crippen LogP contribution in [0.15, 0.2) is 24.3 Å². The molecule has 3 rings (SSSR count). The fourth-order valence-electron chi connectivity index (χ4n) is 3.26. The molecule has 1 spiro atoms. The molecule has 3 heteroatoms. The van der Waals surface area contributed by atoms with Gasteiger partial charge in [-0.15, -0.1) is 0 Å². The minimum atomic E-state index is 0.376. The highest BCUT2D eigenvalue weighted by Gasteiger charge is 2.40. The Kier molecular flexibility index (Phi) is 3.60. The van der Waals surface area contributed by atoms with Crippen LogP contribution in [0.4, 0.5) is 0 Å². The Morgan fingerprint density at radius 1 is 1.33 bits per heavy atom. The van der Waals surface area contributed by atoms with Crippen LogP contribution in [0.3, 0.4) is 0 Å². The summed E-state index contributed by atoms with van der Waals surface area (Å²) >= 11 is 6.02. The maximum Gasteiger partial charge on any atom is 0.0621 e. The fraction of sp³-hybridized carbons (Fsp3) is 0.600. The SMILES string of the molecule is Clc1cccc(CC2CC3(CCNCC3)CO2)c1. The van der Waals surface area contributed by atoms with E-state index in [1.54, 1.807) is 0 Å². The monoisotopic (exact) mass is 265 g/mol. The highest BCUT2D eigenvalue weighted by Crippen LogP contribution is 2.41. The van der Waals surface area contributed by atoms with Gasteiger partial charge in [0.25, 0.3) is 0 Å². The molecule has 2 fully saturated rings. The second-order valence-electron chi connectivity index (χ2n) is 5.72. The van der Waals surface area contributed by atoms with Gasteiger partial charge in [0.2, 0.25) is 0 Å². The molecule has 0 saturated carbocycles. The molecule has 2 aliphatic heterocycles. The van der Waals surface area contributed by atoms with Gasteiger partial charge in [-0.1, -0.05) is 23.7 Å². The van der Waals surface area contributed by atoms with Crippen molar-refractivity contribution in [3.63, 3.8) is 0 Å². The summed E-state index contributed by atoms with van der Waals surface area (Å²) in [7, 11) is 0. The van der Waals surface area contributed by atoms with Crippen molar-refractivity contribution < 1.29 is 4.74 Å². The molecule has 2 saturated heterocycles. The Morgan fingerprint density at radius 2 is 2.17 bits per heavy atom. The quantitative estimate of drug-likeness (QED) is 0.888. The molecular weight excluding hydrogens is 246 g/mol. The zero-order valence-electron chi connectivity index (χ0n) is 10.6. The molecule has 0 bridgehead atoms. The molecule has 0 amide bonds. The minimum absolute atomic E-state index is 0.376. The molecule has 0 aromatic heterocycles. The van der Waals surface area contributed by atoms with E-state index in [9.17, 15) is 0 Å². The minimum Gasteiger partial charge on any atom is -0.377 e. The van der Waals surface area contributed by atoms with Gasteiger partial charge in [0.1, 0.15) is 0 Å². The maximum absolute atomic E-state index is 6.02. The number of hydrogen-bond donors (Lipinski definition) is 1. The fourth-order valence-corrected chi connectivity index (χ4v) is 3.47. The molecule has 1 N–H and O–H groups in total. The summed E-state index contributed by atoms with van der Waals surface area (Å²) in [5.41, 5.74) is 1.74. The molecule has 1 aromatic carbocycles. The first-order chi connectivity index (χ1) is 8.76. The Morgan fingerprint density at radius 3 is 2.94 bits per heavy atom. The maximum atomic E-state index is 6.02. The third-order valence-electron chi connectivity index (χ3n) is 4.30. The van der Waals surface area contributed by atoms with Crippen LogP contribution in [0.1, 0.15) is 24.8 Å². The second kappa shape index (κ2) is 5.20. The van der Waals surface area contributed by atoms with Crippen LogP contribution < -0.4 is 5.32 Å². The molecule has 2 heterocycles. The van der Waals surface area contributed by atoms with E-state index in [-0.39, 0.29) is 0 Å². The number of nitrogens with one attached hydrogen (secondary N) is 1. The third kappa shape index (κ3) is 2.71. The van der Waals surface area contributed by atoms with E-state index in [2.05, 4.69) is 17.4 Å². The number of hydrogen-bond acceptors (Lipinski definition) is 2. The normalized spacial score (nSPS) is 26.6. The van der Waals surface area contributed by atoms with E-state index in [1.807, 2.05) is 12.1 Å². The predicted molar refractivity (Wildman–Crippen MR) is 74.0 cm³/mol. The average molecular weight is 266 g/mol. The van der Waals surface area contributed by atoms with Gasteiger partial charge in [0.15, 0.2) is 0 Å². The molecule has 98 valence electrons. The predicted octanol–water partition coefficient (Wildman–Crippen LogP) is 3.04. The third-order valence-corrected chi connectivity index (χ3v) is 4.54. The van der Waals surface area contributed by atoms with Crippen LogP contribution >= 0.6 is 11.6 Å². The summed E-state index contributed by atoms with van der Waals surface area (Å²) in [5.74, 6) is 0. The Balaban J connectivity index is 1.62. The van der Waals surface area contributed by atoms with Crippen LogP contribution in [0.5, 0.6) is 0 Å². The zero-order chi connectivity index (χ0) is 12.4. The summed E-state index contributed by atoms with van der Waals surface area (Å²) in [6.45, 7) is 3.24. The van der Waals surface area contributed by atoms with Crippen molar-refractivity contribution >= 4 is 11.6 Å². The Hall–Kier alpha value is -0.570. The lowest BCUT2D eigenvalue weighted by Crippen LogP contribution is -2.37. The van der Waals surface area contributed by atoms with Crippen molar-refractivity contribution in [3.8, 4) is 0 Å². The number of rotatable bonds is 2. The second-order valence-corrected chi connectivity index (χ2v) is 6.16. The largest absolute Gasteiger partial charge is 0.377 e. The first-order valence-electron chi connectivity index (χ1n) is 6.83. The van der Waals surface area contributed by atoms with Crippen molar-refractivity contribution in [1.29, 1.82) is 0 Å². The first-order valence-corrected chi connectivity index (χ1v) is 7.20. The van der Waals surface area contributed by atoms with E-state index < -0.39 is 0 Å². The Bertz CT molecular complexity index is 415. The lowest BCUT2D eigenvalue weighted by Gasteiger charge is -2.32. The molecular formula is C15H20ClNO. The molecule has 1 aromatic rings. The molecule has 2 nitrogen and oxygen atoms in total. The van der Waals surface area contributed by atoms with Gasteiger partial charge in [-0.25, -0.2) is 0 Å². The number of halogens is 1. The van der Waals surface area contributed by atoms with Crippen LogP contribution in [0.25, 0.3) is 0 Å². The molecule has 2 aliphatic rings. The highest BCUT2D eigenvalue weighted by atomic mass is 35.5. The lowest BCUT2D eigenvalue weighted by molar-refractivity contribution is 0.0867.